The monoisotopic (exact) mass is 350 g/mol. The van der Waals surface area contributed by atoms with Crippen molar-refractivity contribution in [2.45, 2.75) is 0 Å². The number of methoxy groups -OCH3 is 1. The van der Waals surface area contributed by atoms with E-state index in [1.54, 1.807) is 25.3 Å². The molecule has 0 bridgehead atoms. The first kappa shape index (κ1) is 15.9. The van der Waals surface area contributed by atoms with Crippen LogP contribution in [0.5, 0.6) is 5.75 Å². The van der Waals surface area contributed by atoms with Crippen LogP contribution in [0.15, 0.2) is 48.9 Å². The topological polar surface area (TPSA) is 84.3 Å². The Hall–Kier alpha value is -3.55. The van der Waals surface area contributed by atoms with Crippen molar-refractivity contribution in [3.63, 3.8) is 0 Å². The van der Waals surface area contributed by atoms with Crippen LogP contribution in [-0.4, -0.2) is 41.1 Å². The molecule has 8 heteroatoms. The van der Waals surface area contributed by atoms with Crippen LogP contribution in [0.4, 0.5) is 23.1 Å². The van der Waals surface area contributed by atoms with Crippen molar-refractivity contribution >= 4 is 29.0 Å². The number of hydrogen-bond donors (Lipinski definition) is 2. The molecule has 8 nitrogen and oxygen atoms in total. The normalized spacial score (nSPS) is 13.2. The minimum atomic E-state index is -0.0240. The predicted molar refractivity (Wildman–Crippen MR) is 99.5 cm³/mol. The highest BCUT2D eigenvalue weighted by molar-refractivity contribution is 6.01. The molecule has 0 atom stereocenters. The Kier molecular flexibility index (Phi) is 3.92. The zero-order valence-corrected chi connectivity index (χ0v) is 14.4. The lowest BCUT2D eigenvalue weighted by atomic mass is 10.2. The number of ether oxygens (including phenoxy) is 1. The number of rotatable bonds is 4. The molecule has 1 amide bonds. The molecule has 132 valence electrons. The van der Waals surface area contributed by atoms with Crippen LogP contribution in [0.2, 0.25) is 0 Å². The Labute approximate surface area is 150 Å². The largest absolute Gasteiger partial charge is 0.494 e. The van der Waals surface area contributed by atoms with Crippen LogP contribution in [0, 0.1) is 0 Å². The third-order valence-electron chi connectivity index (χ3n) is 4.25. The summed E-state index contributed by atoms with van der Waals surface area (Å²) in [4.78, 5) is 22.0. The van der Waals surface area contributed by atoms with E-state index in [-0.39, 0.29) is 12.5 Å². The molecule has 2 aromatic heterocycles. The Balaban J connectivity index is 1.62. The van der Waals surface area contributed by atoms with Crippen LogP contribution >= 0.6 is 0 Å². The van der Waals surface area contributed by atoms with Gasteiger partial charge in [0.15, 0.2) is 5.82 Å². The summed E-state index contributed by atoms with van der Waals surface area (Å²) in [6.45, 7) is 0.217. The minimum absolute atomic E-state index is 0.0240. The van der Waals surface area contributed by atoms with Crippen molar-refractivity contribution in [2.24, 2.45) is 0 Å². The fraction of sp³-hybridized carbons (Fsp3) is 0.167. The van der Waals surface area contributed by atoms with Gasteiger partial charge in [-0.3, -0.25) is 4.79 Å². The van der Waals surface area contributed by atoms with Gasteiger partial charge in [0.1, 0.15) is 11.4 Å². The number of nitrogens with zero attached hydrogens (tertiary/aromatic N) is 4. The average Bonchev–Trinajstić information content (AvgIpc) is 3.20. The molecule has 1 aromatic carbocycles. The van der Waals surface area contributed by atoms with Gasteiger partial charge in [-0.25, -0.2) is 4.98 Å². The molecule has 0 spiro atoms. The molecule has 0 radical (unpaired) electrons. The molecule has 0 aliphatic carbocycles. The van der Waals surface area contributed by atoms with Gasteiger partial charge in [0.25, 0.3) is 0 Å². The second-order valence-corrected chi connectivity index (χ2v) is 5.83. The van der Waals surface area contributed by atoms with E-state index in [4.69, 9.17) is 4.74 Å². The van der Waals surface area contributed by atoms with Gasteiger partial charge >= 0.3 is 0 Å². The summed E-state index contributed by atoms with van der Waals surface area (Å²) in [5.74, 6) is 1.69. The van der Waals surface area contributed by atoms with E-state index in [9.17, 15) is 4.79 Å². The van der Waals surface area contributed by atoms with Crippen molar-refractivity contribution in [1.82, 2.24) is 14.5 Å². The molecule has 0 unspecified atom stereocenters. The van der Waals surface area contributed by atoms with Crippen molar-refractivity contribution < 1.29 is 9.53 Å². The molecule has 3 aromatic rings. The lowest BCUT2D eigenvalue weighted by Crippen LogP contribution is -2.37. The number of anilines is 4. The molecule has 0 fully saturated rings. The Bertz CT molecular complexity index is 954. The van der Waals surface area contributed by atoms with Crippen LogP contribution in [-0.2, 0) is 4.79 Å². The zero-order chi connectivity index (χ0) is 18.1. The van der Waals surface area contributed by atoms with Crippen LogP contribution in [0.25, 0.3) is 5.69 Å². The van der Waals surface area contributed by atoms with Gasteiger partial charge in [0.2, 0.25) is 11.9 Å². The molecule has 0 saturated heterocycles. The second kappa shape index (κ2) is 6.40. The highest BCUT2D eigenvalue weighted by Gasteiger charge is 2.22. The molecular formula is C18H18N6O2. The first-order valence-corrected chi connectivity index (χ1v) is 8.11. The van der Waals surface area contributed by atoms with E-state index in [1.807, 2.05) is 47.3 Å². The Morgan fingerprint density at radius 3 is 2.85 bits per heavy atom. The van der Waals surface area contributed by atoms with Crippen molar-refractivity contribution in [2.75, 3.05) is 36.2 Å². The lowest BCUT2D eigenvalue weighted by molar-refractivity contribution is -0.116. The Morgan fingerprint density at radius 2 is 2.08 bits per heavy atom. The molecule has 1 aliphatic heterocycles. The SMILES string of the molecule is COc1cc(-n2cccc2)ccc1Nc1ncc2c(n1)NCC(=O)N2C. The summed E-state index contributed by atoms with van der Waals surface area (Å²) in [7, 11) is 3.33. The molecule has 0 saturated carbocycles. The zero-order valence-electron chi connectivity index (χ0n) is 14.4. The van der Waals surface area contributed by atoms with Gasteiger partial charge in [-0.15, -0.1) is 0 Å². The van der Waals surface area contributed by atoms with Gasteiger partial charge in [-0.05, 0) is 24.3 Å². The average molecular weight is 350 g/mol. The van der Waals surface area contributed by atoms with Crippen molar-refractivity contribution in [3.8, 4) is 11.4 Å². The van der Waals surface area contributed by atoms with Gasteiger partial charge in [-0.1, -0.05) is 0 Å². The van der Waals surface area contributed by atoms with E-state index in [0.29, 0.717) is 23.2 Å². The van der Waals surface area contributed by atoms with E-state index < -0.39 is 0 Å². The van der Waals surface area contributed by atoms with E-state index >= 15 is 0 Å². The summed E-state index contributed by atoms with van der Waals surface area (Å²) in [5, 5.41) is 6.18. The van der Waals surface area contributed by atoms with E-state index in [2.05, 4.69) is 20.6 Å². The first-order chi connectivity index (χ1) is 12.7. The fourth-order valence-electron chi connectivity index (χ4n) is 2.79. The van der Waals surface area contributed by atoms with Crippen molar-refractivity contribution in [1.29, 1.82) is 0 Å². The molecule has 26 heavy (non-hydrogen) atoms. The maximum atomic E-state index is 11.7. The number of carbonyl (C=O) groups excluding carboxylic acids is 1. The first-order valence-electron chi connectivity index (χ1n) is 8.11. The highest BCUT2D eigenvalue weighted by Crippen LogP contribution is 2.31. The Morgan fingerprint density at radius 1 is 1.27 bits per heavy atom. The van der Waals surface area contributed by atoms with Gasteiger partial charge < -0.3 is 24.8 Å². The fourth-order valence-corrected chi connectivity index (χ4v) is 2.79. The number of nitrogens with one attached hydrogen (secondary N) is 2. The van der Waals surface area contributed by atoms with Crippen LogP contribution in [0.1, 0.15) is 0 Å². The lowest BCUT2D eigenvalue weighted by Gasteiger charge is -2.25. The quantitative estimate of drug-likeness (QED) is 0.752. The molecule has 1 aliphatic rings. The van der Waals surface area contributed by atoms with Gasteiger partial charge in [0, 0.05) is 31.2 Å². The van der Waals surface area contributed by atoms with Gasteiger partial charge in [0.05, 0.1) is 25.5 Å². The third-order valence-corrected chi connectivity index (χ3v) is 4.25. The maximum Gasteiger partial charge on any atom is 0.246 e. The highest BCUT2D eigenvalue weighted by atomic mass is 16.5. The maximum absolute atomic E-state index is 11.7. The van der Waals surface area contributed by atoms with Crippen LogP contribution < -0.4 is 20.3 Å². The van der Waals surface area contributed by atoms with Crippen LogP contribution in [0.3, 0.4) is 0 Å². The predicted octanol–water partition coefficient (Wildman–Crippen LogP) is 2.41. The standard InChI is InChI=1S/C18H18N6O2/c1-23-14-10-20-18(22-17(14)19-11-16(23)25)21-13-6-5-12(9-15(13)26-2)24-7-3-4-8-24/h3-10H,11H2,1-2H3,(H2,19,20,21,22). The summed E-state index contributed by atoms with van der Waals surface area (Å²) < 4.78 is 7.50. The minimum Gasteiger partial charge on any atom is -0.494 e. The summed E-state index contributed by atoms with van der Waals surface area (Å²) in [6, 6.07) is 9.77. The number of aromatic nitrogens is 3. The van der Waals surface area contributed by atoms with Gasteiger partial charge in [-0.2, -0.15) is 4.98 Å². The van der Waals surface area contributed by atoms with E-state index in [0.717, 1.165) is 11.4 Å². The smallest absolute Gasteiger partial charge is 0.246 e. The second-order valence-electron chi connectivity index (χ2n) is 5.83. The number of carbonyl (C=O) groups is 1. The molecule has 2 N–H and O–H groups in total. The number of likely N-dealkylation sites (N-methyl/N-ethyl adjacent to an activating group) is 1. The molecule has 4 rings (SSSR count). The number of fused-ring (bicyclic) bond motifs is 1. The van der Waals surface area contributed by atoms with E-state index in [1.165, 1.54) is 0 Å². The molecular weight excluding hydrogens is 332 g/mol. The number of hydrogen-bond acceptors (Lipinski definition) is 6. The summed E-state index contributed by atoms with van der Waals surface area (Å²) >= 11 is 0. The summed E-state index contributed by atoms with van der Waals surface area (Å²) in [5.41, 5.74) is 2.40. The third kappa shape index (κ3) is 2.81. The summed E-state index contributed by atoms with van der Waals surface area (Å²) in [6.07, 6.45) is 5.56. The number of benzene rings is 1. The number of amides is 1. The van der Waals surface area contributed by atoms with Crippen molar-refractivity contribution in [3.05, 3.63) is 48.9 Å². The molecule has 3 heterocycles.